The molecule has 0 N–H and O–H groups in total. The lowest BCUT2D eigenvalue weighted by atomic mass is 10.3. The van der Waals surface area contributed by atoms with Gasteiger partial charge in [0, 0.05) is 16.9 Å². The maximum absolute atomic E-state index is 10.3. The Labute approximate surface area is 74.5 Å². The molecule has 0 aliphatic carbocycles. The first-order valence-corrected chi connectivity index (χ1v) is 5.05. The molecule has 0 aliphatic heterocycles. The molecule has 0 saturated carbocycles. The zero-order valence-electron chi connectivity index (χ0n) is 5.53. The second-order valence-corrected chi connectivity index (χ2v) is 3.90. The van der Waals surface area contributed by atoms with Gasteiger partial charge in [-0.1, -0.05) is 0 Å². The number of thiol groups is 1. The predicted octanol–water partition coefficient (Wildman–Crippen LogP) is 0.956. The van der Waals surface area contributed by atoms with Crippen molar-refractivity contribution >= 4 is 26.6 Å². The van der Waals surface area contributed by atoms with Crippen molar-refractivity contribution in [3.05, 3.63) is 28.5 Å². The van der Waals surface area contributed by atoms with Crippen molar-refractivity contribution in [1.29, 1.82) is 0 Å². The minimum Gasteiger partial charge on any atom is -0.263 e. The Morgan fingerprint density at radius 3 is 2.73 bits per heavy atom. The topological polar surface area (TPSA) is 47.0 Å². The fourth-order valence-corrected chi connectivity index (χ4v) is 1.57. The van der Waals surface area contributed by atoms with E-state index in [4.69, 9.17) is 0 Å². The van der Waals surface area contributed by atoms with E-state index in [1.54, 1.807) is 12.3 Å². The molecule has 0 amide bonds. The van der Waals surface area contributed by atoms with E-state index in [0.717, 1.165) is 4.47 Å². The third kappa shape index (κ3) is 2.98. The summed E-state index contributed by atoms with van der Waals surface area (Å²) in [6.07, 6.45) is 3.15. The van der Waals surface area contributed by atoms with E-state index in [9.17, 15) is 8.42 Å². The van der Waals surface area contributed by atoms with Gasteiger partial charge in [0.1, 0.15) is 10.7 Å². The standard InChI is InChI=1S/C6H6BrNO2S/c7-6-1-5(2-8-3-6)4-11(9)10/h1-3,11H,4H2. The number of aromatic nitrogens is 1. The van der Waals surface area contributed by atoms with Gasteiger partial charge in [-0.3, -0.25) is 4.98 Å². The molecule has 0 spiro atoms. The second-order valence-electron chi connectivity index (χ2n) is 2.00. The Morgan fingerprint density at radius 1 is 1.45 bits per heavy atom. The van der Waals surface area contributed by atoms with E-state index >= 15 is 0 Å². The van der Waals surface area contributed by atoms with Gasteiger partial charge in [0.2, 0.25) is 0 Å². The summed E-state index contributed by atoms with van der Waals surface area (Å²) in [5.41, 5.74) is 0.704. The van der Waals surface area contributed by atoms with Crippen LogP contribution in [0.15, 0.2) is 22.9 Å². The first-order chi connectivity index (χ1) is 5.18. The molecule has 60 valence electrons. The molecule has 1 rings (SSSR count). The van der Waals surface area contributed by atoms with Crippen molar-refractivity contribution in [1.82, 2.24) is 4.98 Å². The minimum atomic E-state index is -2.35. The van der Waals surface area contributed by atoms with E-state index in [1.165, 1.54) is 6.20 Å². The smallest absolute Gasteiger partial charge is 0.144 e. The van der Waals surface area contributed by atoms with Gasteiger partial charge in [-0.2, -0.15) is 0 Å². The molecule has 0 aromatic carbocycles. The monoisotopic (exact) mass is 235 g/mol. The molecule has 0 bridgehead atoms. The van der Waals surface area contributed by atoms with E-state index in [1.807, 2.05) is 0 Å². The van der Waals surface area contributed by atoms with Gasteiger partial charge in [-0.05, 0) is 27.6 Å². The fraction of sp³-hybridized carbons (Fsp3) is 0.167. The third-order valence-corrected chi connectivity index (χ3v) is 2.13. The van der Waals surface area contributed by atoms with Crippen molar-refractivity contribution in [3.63, 3.8) is 0 Å². The van der Waals surface area contributed by atoms with E-state index < -0.39 is 10.7 Å². The van der Waals surface area contributed by atoms with Gasteiger partial charge in [-0.25, -0.2) is 8.42 Å². The lowest BCUT2D eigenvalue weighted by Crippen LogP contribution is -1.87. The Kier molecular flexibility index (Phi) is 3.02. The van der Waals surface area contributed by atoms with Gasteiger partial charge in [-0.15, -0.1) is 0 Å². The third-order valence-electron chi connectivity index (χ3n) is 1.07. The molecule has 3 nitrogen and oxygen atoms in total. The summed E-state index contributed by atoms with van der Waals surface area (Å²) in [5, 5.41) is 0. The zero-order chi connectivity index (χ0) is 8.27. The minimum absolute atomic E-state index is 0.0573. The highest BCUT2D eigenvalue weighted by Crippen LogP contribution is 2.09. The van der Waals surface area contributed by atoms with Crippen LogP contribution in [0.5, 0.6) is 0 Å². The Balaban J connectivity index is 2.87. The summed E-state index contributed by atoms with van der Waals surface area (Å²) in [6, 6.07) is 1.73. The molecule has 0 aliphatic rings. The van der Waals surface area contributed by atoms with Gasteiger partial charge < -0.3 is 0 Å². The number of hydrogen-bond donors (Lipinski definition) is 1. The molecule has 11 heavy (non-hydrogen) atoms. The molecule has 1 aromatic heterocycles. The average molecular weight is 236 g/mol. The fourth-order valence-electron chi connectivity index (χ4n) is 0.691. The maximum atomic E-state index is 10.3. The van der Waals surface area contributed by atoms with E-state index in [0.29, 0.717) is 5.56 Å². The number of hydrogen-bond acceptors (Lipinski definition) is 3. The second kappa shape index (κ2) is 3.82. The normalized spacial score (nSPS) is 10.4. The van der Waals surface area contributed by atoms with Gasteiger partial charge in [0.15, 0.2) is 0 Å². The van der Waals surface area contributed by atoms with Gasteiger partial charge >= 0.3 is 0 Å². The van der Waals surface area contributed by atoms with Crippen LogP contribution in [-0.4, -0.2) is 13.4 Å². The lowest BCUT2D eigenvalue weighted by molar-refractivity contribution is 0.614. The Hall–Kier alpha value is -0.420. The zero-order valence-corrected chi connectivity index (χ0v) is 8.01. The molecule has 0 saturated heterocycles. The number of nitrogens with zero attached hydrogens (tertiary/aromatic N) is 1. The molecule has 5 heteroatoms. The van der Waals surface area contributed by atoms with Crippen LogP contribution < -0.4 is 0 Å². The van der Waals surface area contributed by atoms with Crippen molar-refractivity contribution < 1.29 is 8.42 Å². The Bertz CT molecular complexity index is 316. The Morgan fingerprint density at radius 2 is 2.18 bits per heavy atom. The van der Waals surface area contributed by atoms with Crippen molar-refractivity contribution in [2.24, 2.45) is 0 Å². The molecule has 0 unspecified atom stereocenters. The van der Waals surface area contributed by atoms with Crippen LogP contribution >= 0.6 is 15.9 Å². The molecule has 1 heterocycles. The molecule has 1 aromatic rings. The van der Waals surface area contributed by atoms with Crippen LogP contribution in [-0.2, 0) is 16.5 Å². The van der Waals surface area contributed by atoms with Gasteiger partial charge in [0.25, 0.3) is 0 Å². The maximum Gasteiger partial charge on any atom is 0.144 e. The first kappa shape index (κ1) is 8.67. The molecule has 0 radical (unpaired) electrons. The summed E-state index contributed by atoms with van der Waals surface area (Å²) < 4.78 is 21.3. The molecular weight excluding hydrogens is 230 g/mol. The number of rotatable bonds is 2. The molecule has 0 fully saturated rings. The summed E-state index contributed by atoms with van der Waals surface area (Å²) in [7, 11) is -2.35. The van der Waals surface area contributed by atoms with Crippen LogP contribution in [0, 0.1) is 0 Å². The van der Waals surface area contributed by atoms with Crippen LogP contribution in [0.1, 0.15) is 5.56 Å². The van der Waals surface area contributed by atoms with Crippen molar-refractivity contribution in [2.75, 3.05) is 0 Å². The van der Waals surface area contributed by atoms with Crippen molar-refractivity contribution in [2.45, 2.75) is 5.75 Å². The van der Waals surface area contributed by atoms with E-state index in [-0.39, 0.29) is 5.75 Å². The van der Waals surface area contributed by atoms with Crippen LogP contribution in [0.25, 0.3) is 0 Å². The molecule has 0 atom stereocenters. The highest BCUT2D eigenvalue weighted by atomic mass is 79.9. The average Bonchev–Trinajstić information content (AvgIpc) is 1.85. The van der Waals surface area contributed by atoms with Gasteiger partial charge in [0.05, 0.1) is 5.75 Å². The number of pyridine rings is 1. The van der Waals surface area contributed by atoms with Crippen molar-refractivity contribution in [3.8, 4) is 0 Å². The first-order valence-electron chi connectivity index (χ1n) is 2.90. The number of halogens is 1. The van der Waals surface area contributed by atoms with Crippen LogP contribution in [0.2, 0.25) is 0 Å². The highest BCUT2D eigenvalue weighted by Gasteiger charge is 1.94. The lowest BCUT2D eigenvalue weighted by Gasteiger charge is -1.93. The summed E-state index contributed by atoms with van der Waals surface area (Å²) >= 11 is 3.19. The van der Waals surface area contributed by atoms with E-state index in [2.05, 4.69) is 20.9 Å². The largest absolute Gasteiger partial charge is 0.263 e. The van der Waals surface area contributed by atoms with Crippen LogP contribution in [0.3, 0.4) is 0 Å². The summed E-state index contributed by atoms with van der Waals surface area (Å²) in [4.78, 5) is 3.82. The predicted molar refractivity (Wildman–Crippen MR) is 46.0 cm³/mol. The summed E-state index contributed by atoms with van der Waals surface area (Å²) in [5.74, 6) is 0.0573. The highest BCUT2D eigenvalue weighted by molar-refractivity contribution is 9.10. The quantitative estimate of drug-likeness (QED) is 0.778. The summed E-state index contributed by atoms with van der Waals surface area (Å²) in [6.45, 7) is 0. The SMILES string of the molecule is O=[SH](=O)Cc1cncc(Br)c1. The molecular formula is C6H6BrNO2S. The van der Waals surface area contributed by atoms with Crippen LogP contribution in [0.4, 0.5) is 0 Å².